The lowest BCUT2D eigenvalue weighted by Crippen LogP contribution is -2.41. The number of H-pyrrole nitrogens is 1. The summed E-state index contributed by atoms with van der Waals surface area (Å²) in [7, 11) is 0. The molecular formula is C14H10ClN5O2. The highest BCUT2D eigenvalue weighted by molar-refractivity contribution is 6.31. The number of nitrogens with zero attached hydrogens (tertiary/aromatic N) is 2. The second kappa shape index (κ2) is 5.82. The van der Waals surface area contributed by atoms with Crippen LogP contribution in [0.1, 0.15) is 20.8 Å². The van der Waals surface area contributed by atoms with Gasteiger partial charge in [0.05, 0.1) is 5.56 Å². The number of rotatable bonds is 2. The minimum Gasteiger partial charge on any atom is -0.350 e. The number of fused-ring (bicyclic) bond motifs is 1. The van der Waals surface area contributed by atoms with Crippen LogP contribution in [0, 0.1) is 0 Å². The van der Waals surface area contributed by atoms with E-state index in [0.717, 1.165) is 10.9 Å². The van der Waals surface area contributed by atoms with Gasteiger partial charge in [-0.3, -0.25) is 20.4 Å². The van der Waals surface area contributed by atoms with Crippen molar-refractivity contribution in [2.45, 2.75) is 0 Å². The molecule has 0 fully saturated rings. The van der Waals surface area contributed by atoms with E-state index in [-0.39, 0.29) is 5.56 Å². The summed E-state index contributed by atoms with van der Waals surface area (Å²) in [6, 6.07) is 6.88. The molecule has 0 saturated carbocycles. The maximum atomic E-state index is 12.0. The Morgan fingerprint density at radius 3 is 2.55 bits per heavy atom. The van der Waals surface area contributed by atoms with Crippen LogP contribution >= 0.6 is 11.6 Å². The quantitative estimate of drug-likeness (QED) is 0.626. The normalized spacial score (nSPS) is 10.4. The predicted molar refractivity (Wildman–Crippen MR) is 80.3 cm³/mol. The minimum atomic E-state index is -0.506. The van der Waals surface area contributed by atoms with Gasteiger partial charge in [-0.2, -0.15) is 0 Å². The molecule has 3 rings (SSSR count). The maximum Gasteiger partial charge on any atom is 0.286 e. The van der Waals surface area contributed by atoms with E-state index in [0.29, 0.717) is 10.7 Å². The summed E-state index contributed by atoms with van der Waals surface area (Å²) >= 11 is 5.89. The van der Waals surface area contributed by atoms with E-state index in [4.69, 9.17) is 11.6 Å². The van der Waals surface area contributed by atoms with Gasteiger partial charge < -0.3 is 4.98 Å². The highest BCUT2D eigenvalue weighted by Crippen LogP contribution is 2.19. The number of hydrazine groups is 1. The first kappa shape index (κ1) is 14.0. The first-order valence-corrected chi connectivity index (χ1v) is 6.65. The molecule has 8 heteroatoms. The van der Waals surface area contributed by atoms with Crippen molar-refractivity contribution in [1.29, 1.82) is 0 Å². The molecule has 0 bridgehead atoms. The Hall–Kier alpha value is -2.93. The summed E-state index contributed by atoms with van der Waals surface area (Å²) in [5.41, 5.74) is 5.93. The van der Waals surface area contributed by atoms with Crippen molar-refractivity contribution in [3.05, 3.63) is 59.3 Å². The van der Waals surface area contributed by atoms with Gasteiger partial charge in [0.15, 0.2) is 0 Å². The van der Waals surface area contributed by atoms with Crippen molar-refractivity contribution in [3.63, 3.8) is 0 Å². The number of amides is 2. The van der Waals surface area contributed by atoms with Gasteiger partial charge in [0.2, 0.25) is 0 Å². The van der Waals surface area contributed by atoms with E-state index >= 15 is 0 Å². The number of benzene rings is 1. The Bertz CT molecular complexity index is 847. The Balaban J connectivity index is 1.69. The van der Waals surface area contributed by atoms with Gasteiger partial charge in [-0.15, -0.1) is 0 Å². The van der Waals surface area contributed by atoms with E-state index in [1.807, 2.05) is 0 Å². The second-order valence-corrected chi connectivity index (χ2v) is 4.89. The molecule has 0 unspecified atom stereocenters. The summed E-state index contributed by atoms with van der Waals surface area (Å²) in [6.07, 6.45) is 4.00. The third-order valence-corrected chi connectivity index (χ3v) is 3.17. The average Bonchev–Trinajstić information content (AvgIpc) is 2.96. The molecule has 0 spiro atoms. The van der Waals surface area contributed by atoms with Crippen LogP contribution in [-0.4, -0.2) is 26.8 Å². The number of aromatic amines is 1. The number of carbonyl (C=O) groups excluding carboxylic acids is 2. The molecule has 110 valence electrons. The zero-order chi connectivity index (χ0) is 15.5. The minimum absolute atomic E-state index is 0.242. The molecule has 2 heterocycles. The number of hydrogen-bond donors (Lipinski definition) is 3. The van der Waals surface area contributed by atoms with Gasteiger partial charge in [0.1, 0.15) is 12.0 Å². The highest BCUT2D eigenvalue weighted by Gasteiger charge is 2.12. The third-order valence-electron chi connectivity index (χ3n) is 2.94. The fourth-order valence-corrected chi connectivity index (χ4v) is 2.08. The van der Waals surface area contributed by atoms with Crippen molar-refractivity contribution in [3.8, 4) is 0 Å². The van der Waals surface area contributed by atoms with E-state index < -0.39 is 11.8 Å². The average molecular weight is 316 g/mol. The Kier molecular flexibility index (Phi) is 3.71. The summed E-state index contributed by atoms with van der Waals surface area (Å²) < 4.78 is 0. The summed E-state index contributed by atoms with van der Waals surface area (Å²) in [6.45, 7) is 0. The van der Waals surface area contributed by atoms with Crippen LogP contribution in [0.5, 0.6) is 0 Å². The van der Waals surface area contributed by atoms with E-state index in [1.165, 1.54) is 18.7 Å². The molecule has 2 aromatic heterocycles. The fourth-order valence-electron chi connectivity index (χ4n) is 1.90. The van der Waals surface area contributed by atoms with Crippen LogP contribution in [0.4, 0.5) is 0 Å². The van der Waals surface area contributed by atoms with Gasteiger partial charge in [-0.1, -0.05) is 11.6 Å². The molecule has 7 nitrogen and oxygen atoms in total. The monoisotopic (exact) mass is 315 g/mol. The van der Waals surface area contributed by atoms with Gasteiger partial charge in [-0.25, -0.2) is 9.97 Å². The molecule has 0 aliphatic carbocycles. The molecule has 3 aromatic rings. The van der Waals surface area contributed by atoms with Crippen molar-refractivity contribution in [1.82, 2.24) is 25.8 Å². The third kappa shape index (κ3) is 2.89. The molecule has 0 saturated heterocycles. The molecule has 0 radical (unpaired) electrons. The standard InChI is InChI=1S/C14H10ClN5O2/c15-10-1-2-11-8(3-10)4-12(18-11)14(22)20-19-13(21)9-5-16-7-17-6-9/h1-7,18H,(H,19,21)(H,20,22). The molecular weight excluding hydrogens is 306 g/mol. The summed E-state index contributed by atoms with van der Waals surface area (Å²) in [5, 5.41) is 1.39. The zero-order valence-corrected chi connectivity index (χ0v) is 11.9. The highest BCUT2D eigenvalue weighted by atomic mass is 35.5. The predicted octanol–water partition coefficient (Wildman–Crippen LogP) is 1.69. The SMILES string of the molecule is O=C(NNC(=O)c1cc2cc(Cl)ccc2[nH]1)c1cncnc1. The largest absolute Gasteiger partial charge is 0.350 e. The van der Waals surface area contributed by atoms with Crippen molar-refractivity contribution < 1.29 is 9.59 Å². The Labute approximate surface area is 129 Å². The maximum absolute atomic E-state index is 12.0. The molecule has 0 aliphatic heterocycles. The summed E-state index contributed by atoms with van der Waals surface area (Å²) in [5.74, 6) is -0.981. The van der Waals surface area contributed by atoms with Crippen LogP contribution < -0.4 is 10.9 Å². The molecule has 2 amide bonds. The Morgan fingerprint density at radius 1 is 1.05 bits per heavy atom. The van der Waals surface area contributed by atoms with Crippen LogP contribution in [0.15, 0.2) is 43.0 Å². The van der Waals surface area contributed by atoms with Crippen LogP contribution in [0.2, 0.25) is 5.02 Å². The zero-order valence-electron chi connectivity index (χ0n) is 11.1. The van der Waals surface area contributed by atoms with Crippen molar-refractivity contribution in [2.24, 2.45) is 0 Å². The van der Waals surface area contributed by atoms with E-state index in [9.17, 15) is 9.59 Å². The lowest BCUT2D eigenvalue weighted by Gasteiger charge is -2.05. The topological polar surface area (TPSA) is 99.8 Å². The van der Waals surface area contributed by atoms with E-state index in [1.54, 1.807) is 24.3 Å². The first-order chi connectivity index (χ1) is 10.6. The molecule has 0 aliphatic rings. The van der Waals surface area contributed by atoms with Gasteiger partial charge >= 0.3 is 0 Å². The number of carbonyl (C=O) groups is 2. The lowest BCUT2D eigenvalue weighted by atomic mass is 10.2. The molecule has 3 N–H and O–H groups in total. The van der Waals surface area contributed by atoms with Gasteiger partial charge in [0, 0.05) is 28.3 Å². The molecule has 1 aromatic carbocycles. The van der Waals surface area contributed by atoms with Crippen LogP contribution in [0.3, 0.4) is 0 Å². The summed E-state index contributed by atoms with van der Waals surface area (Å²) in [4.78, 5) is 34.2. The second-order valence-electron chi connectivity index (χ2n) is 4.45. The van der Waals surface area contributed by atoms with Crippen LogP contribution in [-0.2, 0) is 0 Å². The van der Waals surface area contributed by atoms with Crippen molar-refractivity contribution in [2.75, 3.05) is 0 Å². The van der Waals surface area contributed by atoms with Crippen LogP contribution in [0.25, 0.3) is 10.9 Å². The first-order valence-electron chi connectivity index (χ1n) is 6.27. The number of aromatic nitrogens is 3. The number of halogens is 1. The number of nitrogens with one attached hydrogen (secondary N) is 3. The van der Waals surface area contributed by atoms with E-state index in [2.05, 4.69) is 25.8 Å². The molecule has 22 heavy (non-hydrogen) atoms. The smallest absolute Gasteiger partial charge is 0.286 e. The fraction of sp³-hybridized carbons (Fsp3) is 0. The lowest BCUT2D eigenvalue weighted by molar-refractivity contribution is 0.0844. The van der Waals surface area contributed by atoms with Gasteiger partial charge in [0.25, 0.3) is 11.8 Å². The molecule has 0 atom stereocenters. The van der Waals surface area contributed by atoms with Crippen molar-refractivity contribution >= 4 is 34.3 Å². The Morgan fingerprint density at radius 2 is 1.77 bits per heavy atom. The number of hydrogen-bond acceptors (Lipinski definition) is 4. The van der Waals surface area contributed by atoms with Gasteiger partial charge in [-0.05, 0) is 24.3 Å².